The Hall–Kier alpha value is -1.94. The molecule has 8 nitrogen and oxygen atoms in total. The standard InChI is InChI=1S/C16H19O4.ClHO4/c1-11-7-14(8-12(2)20-11)13-5-6-15(19-10-17-3)16(9-13)18-4;2-1(3,4)5/h5-9H,10H2,1-4H3;(H,2,3,4,5)/q+1;/p-1. The molecule has 1 heterocycles. The van der Waals surface area contributed by atoms with Gasteiger partial charge in [-0.15, -0.1) is 10.2 Å². The van der Waals surface area contributed by atoms with Crippen molar-refractivity contribution >= 4 is 0 Å². The van der Waals surface area contributed by atoms with Gasteiger partial charge in [-0.05, 0) is 23.3 Å². The van der Waals surface area contributed by atoms with Crippen LogP contribution in [0, 0.1) is 24.1 Å². The molecule has 0 bridgehead atoms. The smallest absolute Gasteiger partial charge is 0.327 e. The molecule has 0 N–H and O–H groups in total. The molecule has 0 radical (unpaired) electrons. The molecule has 0 unspecified atom stereocenters. The third-order valence-corrected chi connectivity index (χ3v) is 2.87. The van der Waals surface area contributed by atoms with E-state index in [-0.39, 0.29) is 6.79 Å². The average Bonchev–Trinajstić information content (AvgIpc) is 2.50. The number of methoxy groups -OCH3 is 2. The van der Waals surface area contributed by atoms with Gasteiger partial charge in [-0.1, -0.05) is 6.07 Å². The van der Waals surface area contributed by atoms with Gasteiger partial charge in [-0.25, -0.2) is 23.1 Å². The van der Waals surface area contributed by atoms with Gasteiger partial charge in [0.2, 0.25) is 0 Å². The van der Waals surface area contributed by atoms with Gasteiger partial charge in [0.25, 0.3) is 0 Å². The summed E-state index contributed by atoms with van der Waals surface area (Å²) < 4.78 is 55.2. The summed E-state index contributed by atoms with van der Waals surface area (Å²) in [5.74, 6) is 3.08. The maximum Gasteiger partial charge on any atom is 0.327 e. The number of rotatable bonds is 5. The molecule has 0 aliphatic rings. The first kappa shape index (κ1) is 21.1. The molecule has 2 aromatic rings. The van der Waals surface area contributed by atoms with Crippen LogP contribution < -0.4 is 28.1 Å². The van der Waals surface area contributed by atoms with Gasteiger partial charge < -0.3 is 14.2 Å². The van der Waals surface area contributed by atoms with Crippen molar-refractivity contribution in [2.75, 3.05) is 21.0 Å². The van der Waals surface area contributed by atoms with E-state index in [1.54, 1.807) is 14.2 Å². The summed E-state index contributed by atoms with van der Waals surface area (Å²) in [5.41, 5.74) is 2.14. The first-order valence-electron chi connectivity index (χ1n) is 6.97. The Morgan fingerprint density at radius 1 is 0.880 bits per heavy atom. The average molecular weight is 375 g/mol. The van der Waals surface area contributed by atoms with Crippen LogP contribution >= 0.6 is 0 Å². The van der Waals surface area contributed by atoms with E-state index in [1.807, 2.05) is 44.2 Å². The van der Waals surface area contributed by atoms with Crippen LogP contribution in [-0.2, 0) is 4.74 Å². The van der Waals surface area contributed by atoms with Gasteiger partial charge in [-0.2, -0.15) is 0 Å². The van der Waals surface area contributed by atoms with Crippen molar-refractivity contribution in [3.63, 3.8) is 0 Å². The zero-order chi connectivity index (χ0) is 19.0. The molecular formula is C16H19ClO8. The summed E-state index contributed by atoms with van der Waals surface area (Å²) >= 11 is 0. The predicted octanol–water partition coefficient (Wildman–Crippen LogP) is -0.920. The van der Waals surface area contributed by atoms with Crippen molar-refractivity contribution in [2.24, 2.45) is 0 Å². The SMILES string of the molecule is COCOc1ccc(-c2cc(C)[o+]c(C)c2)cc1OC.[O-][Cl+3]([O-])([O-])[O-]. The highest BCUT2D eigenvalue weighted by molar-refractivity contribution is 5.67. The number of hydrogen-bond donors (Lipinski definition) is 0. The Kier molecular flexibility index (Phi) is 8.04. The lowest BCUT2D eigenvalue weighted by Crippen LogP contribution is -2.68. The minimum absolute atomic E-state index is 0.193. The monoisotopic (exact) mass is 374 g/mol. The van der Waals surface area contributed by atoms with Crippen molar-refractivity contribution in [1.29, 1.82) is 0 Å². The highest BCUT2D eigenvalue weighted by Gasteiger charge is 2.12. The van der Waals surface area contributed by atoms with E-state index in [1.165, 1.54) is 0 Å². The Labute approximate surface area is 147 Å². The zero-order valence-corrected chi connectivity index (χ0v) is 15.0. The van der Waals surface area contributed by atoms with E-state index in [2.05, 4.69) is 0 Å². The molecule has 0 aliphatic carbocycles. The first-order chi connectivity index (χ1) is 11.6. The van der Waals surface area contributed by atoms with Crippen molar-refractivity contribution in [1.82, 2.24) is 0 Å². The van der Waals surface area contributed by atoms with E-state index in [0.29, 0.717) is 11.5 Å². The van der Waals surface area contributed by atoms with Gasteiger partial charge >= 0.3 is 11.5 Å². The van der Waals surface area contributed by atoms with Crippen LogP contribution in [0.15, 0.2) is 34.7 Å². The summed E-state index contributed by atoms with van der Waals surface area (Å²) in [6.07, 6.45) is 0. The van der Waals surface area contributed by atoms with Gasteiger partial charge in [-0.3, -0.25) is 0 Å². The van der Waals surface area contributed by atoms with Crippen molar-refractivity contribution in [3.05, 3.63) is 41.9 Å². The van der Waals surface area contributed by atoms with E-state index >= 15 is 0 Å². The molecular weight excluding hydrogens is 356 g/mol. The van der Waals surface area contributed by atoms with Gasteiger partial charge in [0, 0.05) is 19.2 Å². The van der Waals surface area contributed by atoms with Crippen LogP contribution in [0.3, 0.4) is 0 Å². The third kappa shape index (κ3) is 8.12. The summed E-state index contributed by atoms with van der Waals surface area (Å²) in [6.45, 7) is 4.06. The van der Waals surface area contributed by atoms with Crippen molar-refractivity contribution < 1.29 is 47.5 Å². The summed E-state index contributed by atoms with van der Waals surface area (Å²) in [7, 11) is -1.74. The second-order valence-corrected chi connectivity index (χ2v) is 5.62. The predicted molar refractivity (Wildman–Crippen MR) is 77.1 cm³/mol. The fourth-order valence-electron chi connectivity index (χ4n) is 2.05. The van der Waals surface area contributed by atoms with E-state index in [9.17, 15) is 0 Å². The topological polar surface area (TPSA) is 131 Å². The zero-order valence-electron chi connectivity index (χ0n) is 14.2. The Morgan fingerprint density at radius 3 is 1.92 bits per heavy atom. The summed E-state index contributed by atoms with van der Waals surface area (Å²) in [4.78, 5) is 0. The molecule has 9 heteroatoms. The fourth-order valence-corrected chi connectivity index (χ4v) is 2.05. The number of aryl methyl sites for hydroxylation is 2. The molecule has 0 saturated carbocycles. The number of halogens is 1. The maximum atomic E-state index is 8.49. The van der Waals surface area contributed by atoms with Crippen molar-refractivity contribution in [3.8, 4) is 22.6 Å². The highest BCUT2D eigenvalue weighted by Crippen LogP contribution is 2.33. The molecule has 0 atom stereocenters. The number of benzene rings is 1. The third-order valence-electron chi connectivity index (χ3n) is 2.87. The van der Waals surface area contributed by atoms with Crippen LogP contribution in [0.1, 0.15) is 11.5 Å². The van der Waals surface area contributed by atoms with Gasteiger partial charge in [0.05, 0.1) is 21.0 Å². The van der Waals surface area contributed by atoms with E-state index in [0.717, 1.165) is 22.6 Å². The molecule has 1 aromatic carbocycles. The maximum absolute atomic E-state index is 8.49. The minimum Gasteiger partial charge on any atom is -0.493 e. The van der Waals surface area contributed by atoms with Gasteiger partial charge in [0.15, 0.2) is 18.3 Å². The normalized spacial score (nSPS) is 10.7. The summed E-state index contributed by atoms with van der Waals surface area (Å²) in [5, 5.41) is 0. The molecule has 2 rings (SSSR count). The summed E-state index contributed by atoms with van der Waals surface area (Å²) in [6, 6.07) is 9.80. The van der Waals surface area contributed by atoms with Crippen LogP contribution in [-0.4, -0.2) is 21.0 Å². The largest absolute Gasteiger partial charge is 0.493 e. The van der Waals surface area contributed by atoms with E-state index in [4.69, 9.17) is 37.3 Å². The van der Waals surface area contributed by atoms with Gasteiger partial charge in [0.1, 0.15) is 0 Å². The van der Waals surface area contributed by atoms with Crippen molar-refractivity contribution in [2.45, 2.75) is 13.8 Å². The van der Waals surface area contributed by atoms with Crippen LogP contribution in [0.2, 0.25) is 0 Å². The quantitative estimate of drug-likeness (QED) is 0.485. The Balaban J connectivity index is 0.000000550. The first-order valence-corrected chi connectivity index (χ1v) is 8.20. The lowest BCUT2D eigenvalue weighted by Gasteiger charge is -2.17. The number of hydrogen-bond acceptors (Lipinski definition) is 7. The van der Waals surface area contributed by atoms with Crippen LogP contribution in [0.5, 0.6) is 11.5 Å². The second kappa shape index (κ2) is 9.52. The Bertz CT molecular complexity index is 658. The molecule has 0 amide bonds. The van der Waals surface area contributed by atoms with Crippen LogP contribution in [0.25, 0.3) is 11.1 Å². The second-order valence-electron chi connectivity index (χ2n) is 4.86. The molecule has 0 spiro atoms. The van der Waals surface area contributed by atoms with E-state index < -0.39 is 10.2 Å². The molecule has 0 aliphatic heterocycles. The minimum atomic E-state index is -4.94. The molecule has 0 saturated heterocycles. The lowest BCUT2D eigenvalue weighted by molar-refractivity contribution is -2.00. The Morgan fingerprint density at radius 2 is 1.44 bits per heavy atom. The van der Waals surface area contributed by atoms with Crippen LogP contribution in [0.4, 0.5) is 0 Å². The molecule has 1 aromatic heterocycles. The lowest BCUT2D eigenvalue weighted by atomic mass is 10.1. The fraction of sp³-hybridized carbons (Fsp3) is 0.312. The molecule has 0 fully saturated rings. The molecule has 138 valence electrons. The number of ether oxygens (including phenoxy) is 3. The molecule has 25 heavy (non-hydrogen) atoms. The highest BCUT2D eigenvalue weighted by atomic mass is 35.7.